The fraction of sp³-hybridized carbons (Fsp3) is 0.222. The van der Waals surface area contributed by atoms with E-state index in [2.05, 4.69) is 10.6 Å². The molecule has 0 bridgehead atoms. The Balaban J connectivity index is 1.52. The number of aryl methyl sites for hydroxylation is 1. The number of hydrogen-bond donors (Lipinski definition) is 3. The van der Waals surface area contributed by atoms with E-state index in [0.717, 1.165) is 28.0 Å². The number of hydrogen-bond acceptors (Lipinski definition) is 3. The lowest BCUT2D eigenvalue weighted by atomic mass is 10.0. The predicted octanol–water partition coefficient (Wildman–Crippen LogP) is 5.03. The van der Waals surface area contributed by atoms with Gasteiger partial charge in [-0.2, -0.15) is 0 Å². The highest BCUT2D eigenvalue weighted by Crippen LogP contribution is 2.24. The molecule has 34 heavy (non-hydrogen) atoms. The first kappa shape index (κ1) is 23.2. The first-order chi connectivity index (χ1) is 16.6. The molecule has 0 saturated carbocycles. The number of aromatic nitrogens is 2. The van der Waals surface area contributed by atoms with Crippen LogP contribution in [-0.4, -0.2) is 34.5 Å². The van der Waals surface area contributed by atoms with Crippen molar-refractivity contribution in [1.82, 2.24) is 20.2 Å². The summed E-state index contributed by atoms with van der Waals surface area (Å²) in [6.07, 6.45) is 1.24. The zero-order chi connectivity index (χ0) is 23.9. The number of nitrogens with one attached hydrogen (secondary N) is 3. The molecule has 3 N–H and O–H groups in total. The van der Waals surface area contributed by atoms with Crippen LogP contribution in [-0.2, 0) is 7.05 Å². The second kappa shape index (κ2) is 10.7. The van der Waals surface area contributed by atoms with Crippen molar-refractivity contribution in [2.24, 2.45) is 7.05 Å². The van der Waals surface area contributed by atoms with Crippen LogP contribution in [0.15, 0.2) is 78.9 Å². The molecular formula is C27H28FN5O. The van der Waals surface area contributed by atoms with Crippen molar-refractivity contribution in [2.75, 3.05) is 13.2 Å². The van der Waals surface area contributed by atoms with Gasteiger partial charge in [-0.05, 0) is 48.2 Å². The van der Waals surface area contributed by atoms with E-state index >= 15 is 0 Å². The smallest absolute Gasteiger partial charge is 0.251 e. The molecule has 6 nitrogen and oxygen atoms in total. The van der Waals surface area contributed by atoms with Crippen molar-refractivity contribution in [3.05, 3.63) is 90.3 Å². The summed E-state index contributed by atoms with van der Waals surface area (Å²) in [6, 6.07) is 25.1. The van der Waals surface area contributed by atoms with Gasteiger partial charge in [-0.1, -0.05) is 54.6 Å². The van der Waals surface area contributed by atoms with Crippen LogP contribution in [0.1, 0.15) is 35.1 Å². The summed E-state index contributed by atoms with van der Waals surface area (Å²) in [5.41, 5.74) is 4.56. The number of nitrogens with zero attached hydrogens (tertiary/aromatic N) is 2. The minimum absolute atomic E-state index is 0.137. The van der Waals surface area contributed by atoms with Gasteiger partial charge in [0, 0.05) is 19.2 Å². The number of carbonyl (C=O) groups is 1. The van der Waals surface area contributed by atoms with Gasteiger partial charge in [-0.3, -0.25) is 10.2 Å². The molecule has 0 aliphatic carbocycles. The Bertz CT molecular complexity index is 1270. The van der Waals surface area contributed by atoms with Gasteiger partial charge in [-0.25, -0.2) is 9.37 Å². The zero-order valence-corrected chi connectivity index (χ0v) is 19.1. The lowest BCUT2D eigenvalue weighted by molar-refractivity contribution is 0.0932. The number of alkyl halides is 1. The van der Waals surface area contributed by atoms with Crippen molar-refractivity contribution in [1.29, 1.82) is 5.41 Å². The molecule has 1 aromatic heterocycles. The van der Waals surface area contributed by atoms with Gasteiger partial charge in [0.05, 0.1) is 17.1 Å². The van der Waals surface area contributed by atoms with Crippen LogP contribution < -0.4 is 10.6 Å². The van der Waals surface area contributed by atoms with E-state index in [1.807, 2.05) is 90.5 Å². The molecule has 174 valence electrons. The molecule has 0 fully saturated rings. The monoisotopic (exact) mass is 457 g/mol. The molecule has 0 saturated heterocycles. The highest BCUT2D eigenvalue weighted by atomic mass is 19.1. The SMILES string of the molecule is Cn1c([C@H](CCCNC(=N)CF)NC(=O)c2ccc(-c3ccccc3)cc2)nc2ccccc21. The number of imidazole rings is 1. The Kier molecular flexibility index (Phi) is 7.32. The van der Waals surface area contributed by atoms with Crippen LogP contribution in [0.5, 0.6) is 0 Å². The number of halogens is 1. The van der Waals surface area contributed by atoms with Crippen LogP contribution in [0.25, 0.3) is 22.2 Å². The van der Waals surface area contributed by atoms with E-state index in [0.29, 0.717) is 24.9 Å². The topological polar surface area (TPSA) is 82.8 Å². The summed E-state index contributed by atoms with van der Waals surface area (Å²) in [5.74, 6) is 0.443. The predicted molar refractivity (Wildman–Crippen MR) is 134 cm³/mol. The van der Waals surface area contributed by atoms with E-state index in [4.69, 9.17) is 10.4 Å². The molecule has 1 heterocycles. The van der Waals surface area contributed by atoms with Crippen LogP contribution in [0.2, 0.25) is 0 Å². The molecule has 3 aromatic carbocycles. The maximum atomic E-state index is 13.1. The standard InChI is InChI=1S/C27H28FN5O/c1-33-24-12-6-5-10-22(24)31-26(33)23(11-7-17-30-25(29)18-28)32-27(34)21-15-13-20(14-16-21)19-8-3-2-4-9-19/h2-6,8-10,12-16,23H,7,11,17-18H2,1H3,(H2,29,30)(H,32,34)/t23-/m0/s1. The quantitative estimate of drug-likeness (QED) is 0.187. The van der Waals surface area contributed by atoms with Crippen molar-refractivity contribution < 1.29 is 9.18 Å². The van der Waals surface area contributed by atoms with Gasteiger partial charge >= 0.3 is 0 Å². The number of carbonyl (C=O) groups excluding carboxylic acids is 1. The highest BCUT2D eigenvalue weighted by molar-refractivity contribution is 5.95. The number of amides is 1. The van der Waals surface area contributed by atoms with Gasteiger partial charge in [0.1, 0.15) is 18.3 Å². The van der Waals surface area contributed by atoms with E-state index in [-0.39, 0.29) is 17.8 Å². The molecule has 0 unspecified atom stereocenters. The fourth-order valence-electron chi connectivity index (χ4n) is 4.02. The normalized spacial score (nSPS) is 11.8. The average Bonchev–Trinajstić information content (AvgIpc) is 3.22. The first-order valence-electron chi connectivity index (χ1n) is 11.3. The largest absolute Gasteiger partial charge is 0.372 e. The molecule has 0 aliphatic heterocycles. The maximum absolute atomic E-state index is 13.1. The molecule has 1 atom stereocenters. The molecule has 1 amide bonds. The van der Waals surface area contributed by atoms with Gasteiger partial charge in [-0.15, -0.1) is 0 Å². The van der Waals surface area contributed by atoms with Crippen LogP contribution in [0, 0.1) is 5.41 Å². The lowest BCUT2D eigenvalue weighted by Crippen LogP contribution is -2.31. The third-order valence-electron chi connectivity index (χ3n) is 5.83. The van der Waals surface area contributed by atoms with Gasteiger partial charge in [0.25, 0.3) is 5.91 Å². The van der Waals surface area contributed by atoms with Crippen LogP contribution in [0.3, 0.4) is 0 Å². The lowest BCUT2D eigenvalue weighted by Gasteiger charge is -2.19. The Morgan fingerprint density at radius 3 is 2.38 bits per heavy atom. The maximum Gasteiger partial charge on any atom is 0.251 e. The summed E-state index contributed by atoms with van der Waals surface area (Å²) in [4.78, 5) is 17.9. The van der Waals surface area contributed by atoms with E-state index in [9.17, 15) is 9.18 Å². The van der Waals surface area contributed by atoms with E-state index in [1.54, 1.807) is 0 Å². The number of para-hydroxylation sites is 2. The van der Waals surface area contributed by atoms with Crippen molar-refractivity contribution >= 4 is 22.8 Å². The van der Waals surface area contributed by atoms with Gasteiger partial charge < -0.3 is 15.2 Å². The van der Waals surface area contributed by atoms with Crippen LogP contribution in [0.4, 0.5) is 4.39 Å². The fourth-order valence-corrected chi connectivity index (χ4v) is 4.02. The Labute approximate surface area is 198 Å². The number of fused-ring (bicyclic) bond motifs is 1. The summed E-state index contributed by atoms with van der Waals surface area (Å²) in [5, 5.41) is 13.3. The molecule has 0 radical (unpaired) electrons. The van der Waals surface area contributed by atoms with Crippen molar-refractivity contribution in [2.45, 2.75) is 18.9 Å². The third kappa shape index (κ3) is 5.31. The second-order valence-electron chi connectivity index (χ2n) is 8.17. The van der Waals surface area contributed by atoms with E-state index < -0.39 is 6.67 Å². The molecule has 0 aliphatic rings. The zero-order valence-electron chi connectivity index (χ0n) is 19.1. The molecule has 7 heteroatoms. The van der Waals surface area contributed by atoms with Crippen molar-refractivity contribution in [3.63, 3.8) is 0 Å². The second-order valence-corrected chi connectivity index (χ2v) is 8.17. The summed E-state index contributed by atoms with van der Waals surface area (Å²) in [6.45, 7) is -0.366. The number of benzene rings is 3. The Morgan fingerprint density at radius 1 is 1.00 bits per heavy atom. The number of rotatable bonds is 9. The first-order valence-corrected chi connectivity index (χ1v) is 11.3. The summed E-state index contributed by atoms with van der Waals surface area (Å²) in [7, 11) is 1.94. The number of amidine groups is 1. The van der Waals surface area contributed by atoms with Crippen molar-refractivity contribution in [3.8, 4) is 11.1 Å². The molecule has 0 spiro atoms. The minimum Gasteiger partial charge on any atom is -0.372 e. The van der Waals surface area contributed by atoms with Gasteiger partial charge in [0.15, 0.2) is 0 Å². The highest BCUT2D eigenvalue weighted by Gasteiger charge is 2.21. The van der Waals surface area contributed by atoms with Gasteiger partial charge in [0.2, 0.25) is 0 Å². The summed E-state index contributed by atoms with van der Waals surface area (Å²) >= 11 is 0. The minimum atomic E-state index is -0.816. The molecule has 4 rings (SSSR count). The third-order valence-corrected chi connectivity index (χ3v) is 5.83. The molecular weight excluding hydrogens is 429 g/mol. The molecule has 4 aromatic rings. The Morgan fingerprint density at radius 2 is 1.68 bits per heavy atom. The average molecular weight is 458 g/mol. The van der Waals surface area contributed by atoms with E-state index in [1.165, 1.54) is 0 Å². The Hall–Kier alpha value is -4.00. The summed E-state index contributed by atoms with van der Waals surface area (Å²) < 4.78 is 14.5. The van der Waals surface area contributed by atoms with Crippen LogP contribution >= 0.6 is 0 Å².